The molecule has 2 fully saturated rings. The predicted octanol–water partition coefficient (Wildman–Crippen LogP) is 3.07. The van der Waals surface area contributed by atoms with Gasteiger partial charge in [-0.3, -0.25) is 4.79 Å². The van der Waals surface area contributed by atoms with E-state index in [0.717, 1.165) is 25.7 Å². The van der Waals surface area contributed by atoms with Crippen LogP contribution < -0.4 is 0 Å². The normalized spacial score (nSPS) is 34.6. The molecule has 2 rings (SSSR count). The molecule has 0 amide bonds. The van der Waals surface area contributed by atoms with E-state index < -0.39 is 0 Å². The fourth-order valence-electron chi connectivity index (χ4n) is 2.98. The van der Waals surface area contributed by atoms with Crippen molar-refractivity contribution in [3.05, 3.63) is 0 Å². The first kappa shape index (κ1) is 12.9. The van der Waals surface area contributed by atoms with Gasteiger partial charge in [0.15, 0.2) is 0 Å². The maximum absolute atomic E-state index is 11.6. The number of carbonyl (C=O) groups excluding carboxylic acids is 1. The van der Waals surface area contributed by atoms with Crippen molar-refractivity contribution in [3.63, 3.8) is 0 Å². The highest BCUT2D eigenvalue weighted by Crippen LogP contribution is 2.41. The molecule has 0 aromatic carbocycles. The molecule has 0 saturated carbocycles. The first-order valence-corrected chi connectivity index (χ1v) is 6.89. The van der Waals surface area contributed by atoms with E-state index in [-0.39, 0.29) is 17.5 Å². The Morgan fingerprint density at radius 3 is 2.76 bits per heavy atom. The van der Waals surface area contributed by atoms with Crippen molar-refractivity contribution in [1.82, 2.24) is 0 Å². The number of hydrogen-bond acceptors (Lipinski definition) is 3. The average molecular weight is 240 g/mol. The van der Waals surface area contributed by atoms with E-state index in [9.17, 15) is 4.79 Å². The van der Waals surface area contributed by atoms with Gasteiger partial charge in [0, 0.05) is 0 Å². The van der Waals surface area contributed by atoms with Crippen molar-refractivity contribution in [2.75, 3.05) is 6.61 Å². The molecule has 2 atom stereocenters. The second-order valence-corrected chi connectivity index (χ2v) is 6.07. The lowest BCUT2D eigenvalue weighted by Gasteiger charge is -2.25. The molecule has 0 aromatic rings. The third-order valence-electron chi connectivity index (χ3n) is 4.00. The first-order chi connectivity index (χ1) is 8.08. The zero-order valence-electron chi connectivity index (χ0n) is 11.0. The number of hydrogen-bond donors (Lipinski definition) is 0. The second-order valence-electron chi connectivity index (χ2n) is 6.07. The van der Waals surface area contributed by atoms with Gasteiger partial charge in [0.25, 0.3) is 0 Å². The van der Waals surface area contributed by atoms with Crippen LogP contribution in [0, 0.1) is 5.41 Å². The van der Waals surface area contributed by atoms with Crippen molar-refractivity contribution in [3.8, 4) is 0 Å². The van der Waals surface area contributed by atoms with E-state index in [1.807, 2.05) is 0 Å². The molecule has 0 spiro atoms. The molecule has 17 heavy (non-hydrogen) atoms. The van der Waals surface area contributed by atoms with Gasteiger partial charge in [0.1, 0.15) is 0 Å². The van der Waals surface area contributed by atoms with Crippen LogP contribution in [0.3, 0.4) is 0 Å². The molecular weight excluding hydrogens is 216 g/mol. The summed E-state index contributed by atoms with van der Waals surface area (Å²) in [5.74, 6) is -0.0907. The molecule has 98 valence electrons. The minimum atomic E-state index is -0.0907. The van der Waals surface area contributed by atoms with Gasteiger partial charge in [-0.2, -0.15) is 0 Å². The molecule has 2 aliphatic rings. The number of carbonyl (C=O) groups is 1. The molecule has 2 saturated heterocycles. The van der Waals surface area contributed by atoms with Crippen LogP contribution in [0.5, 0.6) is 0 Å². The number of ether oxygens (including phenoxy) is 2. The average Bonchev–Trinajstić information content (AvgIpc) is 2.50. The molecule has 0 radical (unpaired) electrons. The number of rotatable bonds is 0. The molecule has 0 aliphatic carbocycles. The van der Waals surface area contributed by atoms with Crippen molar-refractivity contribution in [1.29, 1.82) is 0 Å². The van der Waals surface area contributed by atoms with E-state index in [4.69, 9.17) is 9.47 Å². The maximum atomic E-state index is 11.6. The Morgan fingerprint density at radius 1 is 1.18 bits per heavy atom. The van der Waals surface area contributed by atoms with Crippen LogP contribution in [-0.4, -0.2) is 24.8 Å². The summed E-state index contributed by atoms with van der Waals surface area (Å²) >= 11 is 0. The summed E-state index contributed by atoms with van der Waals surface area (Å²) in [7, 11) is 0. The fraction of sp³-hybridized carbons (Fsp3) is 0.929. The quantitative estimate of drug-likeness (QED) is 0.610. The highest BCUT2D eigenvalue weighted by atomic mass is 16.5. The van der Waals surface area contributed by atoms with Crippen LogP contribution in [-0.2, 0) is 14.3 Å². The van der Waals surface area contributed by atoms with E-state index in [0.29, 0.717) is 19.1 Å². The summed E-state index contributed by atoms with van der Waals surface area (Å²) in [4.78, 5) is 11.6. The van der Waals surface area contributed by atoms with Crippen molar-refractivity contribution >= 4 is 5.97 Å². The molecule has 2 heterocycles. The van der Waals surface area contributed by atoms with E-state index in [1.165, 1.54) is 12.8 Å². The summed E-state index contributed by atoms with van der Waals surface area (Å²) < 4.78 is 11.2. The number of fused-ring (bicyclic) bond motifs is 2. The monoisotopic (exact) mass is 240 g/mol. The molecule has 2 bridgehead atoms. The van der Waals surface area contributed by atoms with Gasteiger partial charge in [-0.1, -0.05) is 33.1 Å². The van der Waals surface area contributed by atoms with Crippen molar-refractivity contribution in [2.45, 2.75) is 71.0 Å². The Labute approximate surface area is 104 Å². The van der Waals surface area contributed by atoms with E-state index in [1.54, 1.807) is 0 Å². The van der Waals surface area contributed by atoms with Crippen LogP contribution in [0.1, 0.15) is 58.8 Å². The summed E-state index contributed by atoms with van der Waals surface area (Å²) in [6.45, 7) is 5.09. The summed E-state index contributed by atoms with van der Waals surface area (Å²) in [5, 5.41) is 0. The topological polar surface area (TPSA) is 35.5 Å². The Morgan fingerprint density at radius 2 is 1.94 bits per heavy atom. The Kier molecular flexibility index (Phi) is 4.08. The summed E-state index contributed by atoms with van der Waals surface area (Å²) in [5.41, 5.74) is 0.207. The zero-order valence-corrected chi connectivity index (χ0v) is 11.0. The summed E-state index contributed by atoms with van der Waals surface area (Å²) in [6.07, 6.45) is 7.55. The molecule has 0 aromatic heterocycles. The van der Waals surface area contributed by atoms with Crippen LogP contribution in [0.4, 0.5) is 0 Å². The molecule has 0 unspecified atom stereocenters. The highest BCUT2D eigenvalue weighted by molar-refractivity contribution is 5.70. The predicted molar refractivity (Wildman–Crippen MR) is 65.7 cm³/mol. The Balaban J connectivity index is 1.98. The van der Waals surface area contributed by atoms with E-state index in [2.05, 4.69) is 13.8 Å². The molecule has 3 heteroatoms. The van der Waals surface area contributed by atoms with Gasteiger partial charge in [-0.25, -0.2) is 0 Å². The lowest BCUT2D eigenvalue weighted by Crippen LogP contribution is -2.24. The van der Waals surface area contributed by atoms with Gasteiger partial charge in [-0.15, -0.1) is 0 Å². The number of cyclic esters (lactones) is 1. The maximum Gasteiger partial charge on any atom is 0.308 e. The van der Waals surface area contributed by atoms with Gasteiger partial charge in [0.05, 0.1) is 25.2 Å². The van der Waals surface area contributed by atoms with Gasteiger partial charge in [-0.05, 0) is 24.7 Å². The Hall–Kier alpha value is -0.570. The second kappa shape index (κ2) is 5.38. The Bertz CT molecular complexity index is 273. The van der Waals surface area contributed by atoms with Gasteiger partial charge >= 0.3 is 5.97 Å². The fourth-order valence-corrected chi connectivity index (χ4v) is 2.98. The lowest BCUT2D eigenvalue weighted by atomic mass is 9.81. The smallest absolute Gasteiger partial charge is 0.308 e. The van der Waals surface area contributed by atoms with Gasteiger partial charge in [0.2, 0.25) is 0 Å². The van der Waals surface area contributed by atoms with Crippen LogP contribution in [0.15, 0.2) is 0 Å². The summed E-state index contributed by atoms with van der Waals surface area (Å²) in [6, 6.07) is 0. The van der Waals surface area contributed by atoms with Crippen LogP contribution >= 0.6 is 0 Å². The third kappa shape index (κ3) is 3.44. The number of esters is 1. The minimum Gasteiger partial charge on any atom is -0.466 e. The lowest BCUT2D eigenvalue weighted by molar-refractivity contribution is -0.147. The van der Waals surface area contributed by atoms with E-state index >= 15 is 0 Å². The SMILES string of the molecule is CC1(C)C[C@@H]2CC(=O)OCCCCCC[C@H]1O2. The van der Waals surface area contributed by atoms with Gasteiger partial charge < -0.3 is 9.47 Å². The first-order valence-electron chi connectivity index (χ1n) is 6.89. The molecule has 3 nitrogen and oxygen atoms in total. The molecule has 2 aliphatic heterocycles. The highest BCUT2D eigenvalue weighted by Gasteiger charge is 2.41. The standard InChI is InChI=1S/C14H24O3/c1-14(2)10-11-9-13(15)16-8-6-4-3-5-7-12(14)17-11/h11-12H,3-10H2,1-2H3/t11-,12+/m0/s1. The minimum absolute atomic E-state index is 0.0712. The zero-order chi connectivity index (χ0) is 12.3. The molecule has 0 N–H and O–H groups in total. The largest absolute Gasteiger partial charge is 0.466 e. The van der Waals surface area contributed by atoms with Crippen molar-refractivity contribution in [2.24, 2.45) is 5.41 Å². The van der Waals surface area contributed by atoms with Crippen LogP contribution in [0.25, 0.3) is 0 Å². The van der Waals surface area contributed by atoms with Crippen LogP contribution in [0.2, 0.25) is 0 Å². The molecular formula is C14H24O3. The third-order valence-corrected chi connectivity index (χ3v) is 4.00. The van der Waals surface area contributed by atoms with Crippen molar-refractivity contribution < 1.29 is 14.3 Å².